The van der Waals surface area contributed by atoms with Gasteiger partial charge in [0.05, 0.1) is 15.7 Å². The number of nitrogens with one attached hydrogen (secondary N) is 1. The van der Waals surface area contributed by atoms with Gasteiger partial charge in [-0.2, -0.15) is 0 Å². The number of nitrogens with zero attached hydrogens (tertiary/aromatic N) is 3. The van der Waals surface area contributed by atoms with Gasteiger partial charge in [-0.15, -0.1) is 0 Å². The third kappa shape index (κ3) is 3.48. The molecule has 7 heteroatoms. The van der Waals surface area contributed by atoms with Crippen molar-refractivity contribution >= 4 is 46.3 Å². The maximum Gasteiger partial charge on any atom is 0.274 e. The van der Waals surface area contributed by atoms with E-state index in [0.29, 0.717) is 27.4 Å². The summed E-state index contributed by atoms with van der Waals surface area (Å²) in [5.74, 6) is 0.833. The van der Waals surface area contributed by atoms with E-state index in [1.165, 1.54) is 5.56 Å². The SMILES string of the molecule is Cc1nc(C(=O)Nc2c(Cl)cccc2Cl)cc(N2CCc3ccccc32)n1. The summed E-state index contributed by atoms with van der Waals surface area (Å²) >= 11 is 12.3. The van der Waals surface area contributed by atoms with Crippen LogP contribution in [0.5, 0.6) is 0 Å². The van der Waals surface area contributed by atoms with Crippen LogP contribution in [0.15, 0.2) is 48.5 Å². The van der Waals surface area contributed by atoms with Gasteiger partial charge >= 0.3 is 0 Å². The topological polar surface area (TPSA) is 58.1 Å². The molecule has 1 aliphatic rings. The first-order chi connectivity index (χ1) is 13.0. The largest absolute Gasteiger partial charge is 0.326 e. The Labute approximate surface area is 167 Å². The molecular weight excluding hydrogens is 383 g/mol. The average molecular weight is 399 g/mol. The Bertz CT molecular complexity index is 1020. The minimum Gasteiger partial charge on any atom is -0.326 e. The zero-order chi connectivity index (χ0) is 19.0. The number of rotatable bonds is 3. The fourth-order valence-electron chi connectivity index (χ4n) is 3.18. The number of benzene rings is 2. The smallest absolute Gasteiger partial charge is 0.274 e. The predicted octanol–water partition coefficient (Wildman–Crippen LogP) is 5.04. The van der Waals surface area contributed by atoms with Gasteiger partial charge in [0.2, 0.25) is 0 Å². The molecule has 0 atom stereocenters. The van der Waals surface area contributed by atoms with E-state index >= 15 is 0 Å². The van der Waals surface area contributed by atoms with E-state index in [1.54, 1.807) is 31.2 Å². The number of aromatic nitrogens is 2. The van der Waals surface area contributed by atoms with Crippen LogP contribution in [0.25, 0.3) is 0 Å². The van der Waals surface area contributed by atoms with Crippen molar-refractivity contribution in [1.29, 1.82) is 0 Å². The second kappa shape index (κ2) is 7.18. The lowest BCUT2D eigenvalue weighted by Crippen LogP contribution is -2.19. The van der Waals surface area contributed by atoms with Crippen molar-refractivity contribution < 1.29 is 4.79 Å². The molecule has 136 valence electrons. The normalized spacial score (nSPS) is 12.8. The van der Waals surface area contributed by atoms with Crippen LogP contribution >= 0.6 is 23.2 Å². The summed E-state index contributed by atoms with van der Waals surface area (Å²) in [6.45, 7) is 2.58. The lowest BCUT2D eigenvalue weighted by molar-refractivity contribution is 0.102. The molecule has 2 aromatic carbocycles. The molecule has 1 aliphatic heterocycles. The molecule has 4 rings (SSSR count). The summed E-state index contributed by atoms with van der Waals surface area (Å²) < 4.78 is 0. The third-order valence-electron chi connectivity index (χ3n) is 4.42. The number of halogens is 2. The molecule has 1 aromatic heterocycles. The number of anilines is 3. The van der Waals surface area contributed by atoms with Gasteiger partial charge in [0, 0.05) is 18.3 Å². The standard InChI is InChI=1S/C20H16Cl2N4O/c1-12-23-16(20(27)25-19-14(21)6-4-7-15(19)22)11-18(24-12)26-10-9-13-5-2-3-8-17(13)26/h2-8,11H,9-10H2,1H3,(H,25,27). The molecule has 0 bridgehead atoms. The number of carbonyl (C=O) groups is 1. The van der Waals surface area contributed by atoms with Crippen molar-refractivity contribution in [3.8, 4) is 0 Å². The molecule has 1 N–H and O–H groups in total. The van der Waals surface area contributed by atoms with E-state index in [0.717, 1.165) is 18.7 Å². The molecule has 0 spiro atoms. The lowest BCUT2D eigenvalue weighted by atomic mass is 10.2. The maximum absolute atomic E-state index is 12.7. The van der Waals surface area contributed by atoms with Crippen LogP contribution in [0.4, 0.5) is 17.2 Å². The molecule has 5 nitrogen and oxygen atoms in total. The lowest BCUT2D eigenvalue weighted by Gasteiger charge is -2.19. The van der Waals surface area contributed by atoms with Gasteiger partial charge in [-0.05, 0) is 37.1 Å². The van der Waals surface area contributed by atoms with E-state index in [1.807, 2.05) is 12.1 Å². The highest BCUT2D eigenvalue weighted by Gasteiger charge is 2.23. The van der Waals surface area contributed by atoms with Crippen LogP contribution in [-0.4, -0.2) is 22.4 Å². The summed E-state index contributed by atoms with van der Waals surface area (Å²) in [7, 11) is 0. The minimum atomic E-state index is -0.385. The molecule has 0 saturated heterocycles. The Morgan fingerprint density at radius 2 is 1.81 bits per heavy atom. The molecule has 1 amide bonds. The maximum atomic E-state index is 12.7. The Hall–Kier alpha value is -2.63. The van der Waals surface area contributed by atoms with Crippen LogP contribution in [0.3, 0.4) is 0 Å². The number of carbonyl (C=O) groups excluding carboxylic acids is 1. The fraction of sp³-hybridized carbons (Fsp3) is 0.150. The molecule has 2 heterocycles. The van der Waals surface area contributed by atoms with E-state index in [9.17, 15) is 4.79 Å². The van der Waals surface area contributed by atoms with Crippen LogP contribution in [0.2, 0.25) is 10.0 Å². The van der Waals surface area contributed by atoms with Crippen molar-refractivity contribution in [3.63, 3.8) is 0 Å². The van der Waals surface area contributed by atoms with Gasteiger partial charge in [-0.25, -0.2) is 9.97 Å². The summed E-state index contributed by atoms with van der Waals surface area (Å²) in [5.41, 5.74) is 3.01. The van der Waals surface area contributed by atoms with Crippen molar-refractivity contribution in [2.75, 3.05) is 16.8 Å². The predicted molar refractivity (Wildman–Crippen MR) is 108 cm³/mol. The fourth-order valence-corrected chi connectivity index (χ4v) is 3.67. The quantitative estimate of drug-likeness (QED) is 0.671. The second-order valence-corrected chi connectivity index (χ2v) is 7.05. The van der Waals surface area contributed by atoms with Gasteiger partial charge in [-0.1, -0.05) is 47.5 Å². The van der Waals surface area contributed by atoms with Gasteiger partial charge in [0.1, 0.15) is 17.3 Å². The Morgan fingerprint density at radius 3 is 2.59 bits per heavy atom. The molecule has 0 unspecified atom stereocenters. The second-order valence-electron chi connectivity index (χ2n) is 6.24. The zero-order valence-corrected chi connectivity index (χ0v) is 16.1. The third-order valence-corrected chi connectivity index (χ3v) is 5.05. The summed E-state index contributed by atoms with van der Waals surface area (Å²) in [5, 5.41) is 3.49. The number of amides is 1. The van der Waals surface area contributed by atoms with E-state index in [-0.39, 0.29) is 11.6 Å². The Kier molecular flexibility index (Phi) is 4.72. The number of fused-ring (bicyclic) bond motifs is 1. The Morgan fingerprint density at radius 1 is 1.07 bits per heavy atom. The molecular formula is C20H16Cl2N4O. The van der Waals surface area contributed by atoms with Gasteiger partial charge in [0.15, 0.2) is 0 Å². The van der Waals surface area contributed by atoms with Gasteiger partial charge < -0.3 is 10.2 Å². The molecule has 0 radical (unpaired) electrons. The van der Waals surface area contributed by atoms with Gasteiger partial charge in [0.25, 0.3) is 5.91 Å². The number of aryl methyl sites for hydroxylation is 1. The highest BCUT2D eigenvalue weighted by Crippen LogP contribution is 2.34. The first-order valence-corrected chi connectivity index (χ1v) is 9.25. The van der Waals surface area contributed by atoms with Crippen molar-refractivity contribution in [3.05, 3.63) is 75.7 Å². The minimum absolute atomic E-state index is 0.262. The first kappa shape index (κ1) is 17.8. The van der Waals surface area contributed by atoms with E-state index in [2.05, 4.69) is 32.3 Å². The van der Waals surface area contributed by atoms with Crippen molar-refractivity contribution in [2.45, 2.75) is 13.3 Å². The first-order valence-electron chi connectivity index (χ1n) is 8.49. The van der Waals surface area contributed by atoms with E-state index in [4.69, 9.17) is 23.2 Å². The van der Waals surface area contributed by atoms with Crippen LogP contribution in [0, 0.1) is 6.92 Å². The highest BCUT2D eigenvalue weighted by molar-refractivity contribution is 6.40. The number of para-hydroxylation sites is 2. The number of hydrogen-bond acceptors (Lipinski definition) is 4. The molecule has 3 aromatic rings. The summed E-state index contributed by atoms with van der Waals surface area (Å²) in [6, 6.07) is 14.9. The molecule has 0 saturated carbocycles. The molecule has 27 heavy (non-hydrogen) atoms. The number of hydrogen-bond donors (Lipinski definition) is 1. The summed E-state index contributed by atoms with van der Waals surface area (Å²) in [6.07, 6.45) is 0.940. The highest BCUT2D eigenvalue weighted by atomic mass is 35.5. The monoisotopic (exact) mass is 398 g/mol. The van der Waals surface area contributed by atoms with Crippen LogP contribution in [-0.2, 0) is 6.42 Å². The van der Waals surface area contributed by atoms with Crippen LogP contribution in [0.1, 0.15) is 21.9 Å². The summed E-state index contributed by atoms with van der Waals surface area (Å²) in [4.78, 5) is 23.6. The average Bonchev–Trinajstić information content (AvgIpc) is 3.08. The van der Waals surface area contributed by atoms with E-state index < -0.39 is 0 Å². The van der Waals surface area contributed by atoms with Gasteiger partial charge in [-0.3, -0.25) is 4.79 Å². The zero-order valence-electron chi connectivity index (χ0n) is 14.5. The van der Waals surface area contributed by atoms with Crippen molar-refractivity contribution in [1.82, 2.24) is 9.97 Å². The van der Waals surface area contributed by atoms with Crippen molar-refractivity contribution in [2.24, 2.45) is 0 Å². The molecule has 0 aliphatic carbocycles. The Balaban J connectivity index is 1.66. The van der Waals surface area contributed by atoms with Crippen LogP contribution < -0.4 is 10.2 Å². The molecule has 0 fully saturated rings.